The summed E-state index contributed by atoms with van der Waals surface area (Å²) in [7, 11) is -8.75. The van der Waals surface area contributed by atoms with Crippen molar-refractivity contribution in [2.45, 2.75) is 26.7 Å². The highest BCUT2D eigenvalue weighted by molar-refractivity contribution is 7.61. The van der Waals surface area contributed by atoms with Crippen LogP contribution in [0, 0.1) is 0 Å². The number of rotatable bonds is 14. The van der Waals surface area contributed by atoms with E-state index in [-0.39, 0.29) is 39.6 Å². The predicted molar refractivity (Wildman–Crippen MR) is 74.9 cm³/mol. The van der Waals surface area contributed by atoms with Gasteiger partial charge in [-0.3, -0.25) is 13.6 Å². The topological polar surface area (TPSA) is 121 Å². The van der Waals surface area contributed by atoms with Crippen molar-refractivity contribution in [1.29, 1.82) is 0 Å². The number of phosphoric acid groups is 2. The Labute approximate surface area is 124 Å². The first-order valence-corrected chi connectivity index (χ1v) is 9.61. The predicted octanol–water partition coefficient (Wildman–Crippen LogP) is 2.09. The molecule has 0 saturated carbocycles. The summed E-state index contributed by atoms with van der Waals surface area (Å²) in [5, 5.41) is 8.48. The highest BCUT2D eigenvalue weighted by Gasteiger charge is 2.37. The van der Waals surface area contributed by atoms with E-state index in [4.69, 9.17) is 18.9 Å². The van der Waals surface area contributed by atoms with Gasteiger partial charge in [0.15, 0.2) is 0 Å². The van der Waals surface area contributed by atoms with Gasteiger partial charge in [0.25, 0.3) is 0 Å². The fourth-order valence-corrected chi connectivity index (χ4v) is 3.79. The van der Waals surface area contributed by atoms with Crippen LogP contribution in [0.3, 0.4) is 0 Å². The number of aliphatic hydroxyl groups excluding tert-OH is 1. The average molecular weight is 350 g/mol. The molecular formula is C10H24O9P2. The summed E-state index contributed by atoms with van der Waals surface area (Å²) >= 11 is 0. The molecule has 0 fully saturated rings. The first-order valence-electron chi connectivity index (χ1n) is 6.65. The Morgan fingerprint density at radius 1 is 0.857 bits per heavy atom. The van der Waals surface area contributed by atoms with Gasteiger partial charge >= 0.3 is 15.6 Å². The van der Waals surface area contributed by atoms with Crippen molar-refractivity contribution in [3.63, 3.8) is 0 Å². The Bertz CT molecular complexity index is 337. The third-order valence-corrected chi connectivity index (χ3v) is 4.96. The summed E-state index contributed by atoms with van der Waals surface area (Å²) in [4.78, 5) is 9.48. The second kappa shape index (κ2) is 11.7. The molecule has 0 saturated heterocycles. The molecule has 1 unspecified atom stereocenters. The van der Waals surface area contributed by atoms with Gasteiger partial charge in [0.2, 0.25) is 0 Å². The Balaban J connectivity index is 4.37. The maximum atomic E-state index is 12.1. The van der Waals surface area contributed by atoms with Crippen LogP contribution >= 0.6 is 15.6 Å². The second-order valence-electron chi connectivity index (χ2n) is 3.83. The van der Waals surface area contributed by atoms with Gasteiger partial charge in [-0.25, -0.2) is 9.13 Å². The molecule has 2 N–H and O–H groups in total. The first-order chi connectivity index (χ1) is 9.89. The minimum atomic E-state index is -4.60. The molecule has 0 rings (SSSR count). The van der Waals surface area contributed by atoms with E-state index in [1.54, 1.807) is 13.8 Å². The van der Waals surface area contributed by atoms with E-state index in [1.165, 1.54) is 0 Å². The smallest absolute Gasteiger partial charge is 0.394 e. The van der Waals surface area contributed by atoms with E-state index in [2.05, 4.69) is 8.83 Å². The van der Waals surface area contributed by atoms with Crippen LogP contribution in [0.4, 0.5) is 0 Å². The van der Waals surface area contributed by atoms with Crippen LogP contribution in [0.1, 0.15) is 26.7 Å². The highest BCUT2D eigenvalue weighted by Crippen LogP contribution is 2.63. The maximum absolute atomic E-state index is 12.1. The quantitative estimate of drug-likeness (QED) is 0.358. The maximum Gasteiger partial charge on any atom is 0.483 e. The molecule has 1 atom stereocenters. The molecule has 0 aliphatic carbocycles. The molecule has 0 aliphatic rings. The van der Waals surface area contributed by atoms with Crippen LogP contribution in [-0.2, 0) is 31.7 Å². The lowest BCUT2D eigenvalue weighted by Gasteiger charge is -2.19. The molecule has 0 aliphatic heterocycles. The third-order valence-electron chi connectivity index (χ3n) is 1.83. The first kappa shape index (κ1) is 21.2. The monoisotopic (exact) mass is 350 g/mol. The molecule has 9 nitrogen and oxygen atoms in total. The van der Waals surface area contributed by atoms with Crippen molar-refractivity contribution >= 4 is 15.6 Å². The summed E-state index contributed by atoms with van der Waals surface area (Å²) in [6.45, 7) is 3.28. The lowest BCUT2D eigenvalue weighted by atomic mass is 10.5. The van der Waals surface area contributed by atoms with Gasteiger partial charge in [-0.15, -0.1) is 0 Å². The summed E-state index contributed by atoms with van der Waals surface area (Å²) < 4.78 is 47.6. The number of ether oxygens (including phenoxy) is 1. The Morgan fingerprint density at radius 2 is 1.43 bits per heavy atom. The lowest BCUT2D eigenvalue weighted by Crippen LogP contribution is -2.08. The molecule has 0 amide bonds. The summed E-state index contributed by atoms with van der Waals surface area (Å²) in [6, 6.07) is 0. The van der Waals surface area contributed by atoms with Gasteiger partial charge in [-0.05, 0) is 12.8 Å². The molecule has 11 heteroatoms. The Hall–Kier alpha value is 0.180. The minimum absolute atomic E-state index is 0.0234. The molecule has 0 bridgehead atoms. The van der Waals surface area contributed by atoms with Gasteiger partial charge in [0, 0.05) is 0 Å². The number of hydrogen-bond donors (Lipinski definition) is 2. The minimum Gasteiger partial charge on any atom is -0.394 e. The van der Waals surface area contributed by atoms with Gasteiger partial charge in [0.05, 0.1) is 39.6 Å². The molecule has 0 aromatic carbocycles. The van der Waals surface area contributed by atoms with E-state index in [9.17, 15) is 14.0 Å². The molecule has 0 aromatic rings. The average Bonchev–Trinajstić information content (AvgIpc) is 2.42. The van der Waals surface area contributed by atoms with E-state index in [1.807, 2.05) is 0 Å². The van der Waals surface area contributed by atoms with Crippen LogP contribution in [0.25, 0.3) is 0 Å². The van der Waals surface area contributed by atoms with Crippen molar-refractivity contribution < 1.29 is 41.7 Å². The summed E-state index contributed by atoms with van der Waals surface area (Å²) in [6.07, 6.45) is 1.07. The molecule has 0 aromatic heterocycles. The van der Waals surface area contributed by atoms with E-state index in [0.29, 0.717) is 12.8 Å². The molecule has 21 heavy (non-hydrogen) atoms. The van der Waals surface area contributed by atoms with Gasteiger partial charge in [-0.1, -0.05) is 13.8 Å². The van der Waals surface area contributed by atoms with Crippen LogP contribution in [0.15, 0.2) is 0 Å². The van der Waals surface area contributed by atoms with Crippen molar-refractivity contribution in [2.75, 3.05) is 39.6 Å². The molecule has 0 spiro atoms. The van der Waals surface area contributed by atoms with Crippen LogP contribution in [0.2, 0.25) is 0 Å². The number of aliphatic hydroxyl groups is 1. The fourth-order valence-electron chi connectivity index (χ4n) is 1.02. The fraction of sp³-hybridized carbons (Fsp3) is 1.00. The van der Waals surface area contributed by atoms with Crippen LogP contribution < -0.4 is 0 Å². The molecule has 128 valence electrons. The van der Waals surface area contributed by atoms with Crippen molar-refractivity contribution in [2.24, 2.45) is 0 Å². The largest absolute Gasteiger partial charge is 0.483 e. The zero-order valence-electron chi connectivity index (χ0n) is 12.3. The van der Waals surface area contributed by atoms with Crippen LogP contribution in [0.5, 0.6) is 0 Å². The van der Waals surface area contributed by atoms with E-state index in [0.717, 1.165) is 0 Å². The third kappa shape index (κ3) is 11.4. The Morgan fingerprint density at radius 3 is 1.90 bits per heavy atom. The standard InChI is InChI=1S/C10H24O9P2/c1-3-6-17-21(14,18-7-4-2)19-20(12,13)16-10-9-15-8-5-11/h11H,3-10H2,1-2H3,(H,12,13). The van der Waals surface area contributed by atoms with Crippen molar-refractivity contribution in [3.05, 3.63) is 0 Å². The number of phosphoric ester groups is 2. The van der Waals surface area contributed by atoms with E-state index < -0.39 is 15.6 Å². The second-order valence-corrected chi connectivity index (χ2v) is 7.09. The highest BCUT2D eigenvalue weighted by atomic mass is 31.3. The van der Waals surface area contributed by atoms with Crippen LogP contribution in [-0.4, -0.2) is 49.6 Å². The molecular weight excluding hydrogens is 326 g/mol. The Kier molecular flexibility index (Phi) is 11.8. The molecule has 0 radical (unpaired) electrons. The zero-order chi connectivity index (χ0) is 16.2. The van der Waals surface area contributed by atoms with Gasteiger partial charge in [-0.2, -0.15) is 4.31 Å². The van der Waals surface area contributed by atoms with Gasteiger partial charge in [0.1, 0.15) is 0 Å². The van der Waals surface area contributed by atoms with E-state index >= 15 is 0 Å². The number of hydrogen-bond acceptors (Lipinski definition) is 8. The van der Waals surface area contributed by atoms with Crippen molar-refractivity contribution in [1.82, 2.24) is 0 Å². The SMILES string of the molecule is CCCOP(=O)(OCCC)OP(=O)(O)OCCOCCO. The normalized spacial score (nSPS) is 15.0. The lowest BCUT2D eigenvalue weighted by molar-refractivity contribution is 0.0593. The summed E-state index contributed by atoms with van der Waals surface area (Å²) in [5.74, 6) is 0. The summed E-state index contributed by atoms with van der Waals surface area (Å²) in [5.41, 5.74) is 0. The zero-order valence-corrected chi connectivity index (χ0v) is 14.1. The molecule has 0 heterocycles. The van der Waals surface area contributed by atoms with Gasteiger partial charge < -0.3 is 14.7 Å². The van der Waals surface area contributed by atoms with Crippen molar-refractivity contribution in [3.8, 4) is 0 Å².